The van der Waals surface area contributed by atoms with Gasteiger partial charge in [-0.25, -0.2) is 0 Å². The number of nitrogens with zero attached hydrogens (tertiary/aromatic N) is 1. The van der Waals surface area contributed by atoms with E-state index in [1.165, 1.54) is 28.1 Å². The summed E-state index contributed by atoms with van der Waals surface area (Å²) in [5.41, 5.74) is 7.43. The van der Waals surface area contributed by atoms with Gasteiger partial charge in [-0.05, 0) is 61.2 Å². The Labute approximate surface area is 120 Å². The van der Waals surface area contributed by atoms with Crippen LogP contribution in [0, 0.1) is 20.8 Å². The van der Waals surface area contributed by atoms with Crippen LogP contribution < -0.4 is 4.90 Å². The Morgan fingerprint density at radius 2 is 1.58 bits per heavy atom. The highest BCUT2D eigenvalue weighted by Gasteiger charge is 2.08. The van der Waals surface area contributed by atoms with Crippen LogP contribution in [-0.4, -0.2) is 7.05 Å². The smallest absolute Gasteiger partial charge is 0.0474 e. The van der Waals surface area contributed by atoms with Gasteiger partial charge in [-0.1, -0.05) is 18.2 Å². The van der Waals surface area contributed by atoms with E-state index in [-0.39, 0.29) is 0 Å². The van der Waals surface area contributed by atoms with Crippen molar-refractivity contribution < 1.29 is 0 Å². The Bertz CT molecular complexity index is 570. The van der Waals surface area contributed by atoms with Crippen LogP contribution in [0.15, 0.2) is 36.4 Å². The summed E-state index contributed by atoms with van der Waals surface area (Å²) in [5.74, 6) is 0.564. The number of halogens is 1. The zero-order chi connectivity index (χ0) is 14.0. The molecular weight excluding hydrogens is 254 g/mol. The Hall–Kier alpha value is -1.47. The molecule has 0 fully saturated rings. The lowest BCUT2D eigenvalue weighted by molar-refractivity contribution is 1.16. The van der Waals surface area contributed by atoms with Crippen molar-refractivity contribution in [3.05, 3.63) is 58.7 Å². The fraction of sp³-hybridized carbons (Fsp3) is 0.294. The average Bonchev–Trinajstić information content (AvgIpc) is 2.36. The molecule has 19 heavy (non-hydrogen) atoms. The van der Waals surface area contributed by atoms with Gasteiger partial charge in [0, 0.05) is 24.3 Å². The van der Waals surface area contributed by atoms with Crippen molar-refractivity contribution in [2.24, 2.45) is 0 Å². The van der Waals surface area contributed by atoms with E-state index >= 15 is 0 Å². The van der Waals surface area contributed by atoms with Crippen molar-refractivity contribution in [1.82, 2.24) is 0 Å². The molecule has 0 heterocycles. The van der Waals surface area contributed by atoms with Crippen LogP contribution in [0.4, 0.5) is 11.4 Å². The molecule has 2 rings (SSSR count). The summed E-state index contributed by atoms with van der Waals surface area (Å²) in [4.78, 5) is 2.23. The zero-order valence-electron chi connectivity index (χ0n) is 12.0. The molecule has 2 aromatic carbocycles. The van der Waals surface area contributed by atoms with E-state index < -0.39 is 0 Å². The fourth-order valence-electron chi connectivity index (χ4n) is 2.46. The number of anilines is 2. The predicted molar refractivity (Wildman–Crippen MR) is 84.7 cm³/mol. The molecule has 100 valence electrons. The first kappa shape index (κ1) is 14.0. The van der Waals surface area contributed by atoms with Crippen LogP contribution in [0.2, 0.25) is 0 Å². The standard InChI is InChI=1S/C17H20ClN/c1-12-7-13(2)9-16(8-12)19(4)17-6-5-15(11-18)10-14(17)3/h5-10H,11H2,1-4H3. The quantitative estimate of drug-likeness (QED) is 0.702. The molecule has 0 spiro atoms. The first-order chi connectivity index (χ1) is 9.01. The Morgan fingerprint density at radius 1 is 0.947 bits per heavy atom. The summed E-state index contributed by atoms with van der Waals surface area (Å²) in [6.45, 7) is 6.39. The van der Waals surface area contributed by atoms with Crippen molar-refractivity contribution in [3.63, 3.8) is 0 Å². The van der Waals surface area contributed by atoms with Gasteiger partial charge in [-0.15, -0.1) is 11.6 Å². The highest BCUT2D eigenvalue weighted by Crippen LogP contribution is 2.29. The number of benzene rings is 2. The predicted octanol–water partition coefficient (Wildman–Crippen LogP) is 5.12. The number of aryl methyl sites for hydroxylation is 3. The summed E-state index contributed by atoms with van der Waals surface area (Å²) in [5, 5.41) is 0. The van der Waals surface area contributed by atoms with Gasteiger partial charge >= 0.3 is 0 Å². The lowest BCUT2D eigenvalue weighted by atomic mass is 10.1. The fourth-order valence-corrected chi connectivity index (χ4v) is 2.63. The largest absolute Gasteiger partial charge is 0.344 e. The maximum absolute atomic E-state index is 5.88. The molecule has 0 unspecified atom stereocenters. The van der Waals surface area contributed by atoms with Gasteiger partial charge in [0.05, 0.1) is 0 Å². The molecule has 0 atom stereocenters. The second kappa shape index (κ2) is 5.66. The molecular formula is C17H20ClN. The van der Waals surface area contributed by atoms with Crippen LogP contribution in [0.5, 0.6) is 0 Å². The summed E-state index contributed by atoms with van der Waals surface area (Å²) >= 11 is 5.88. The summed E-state index contributed by atoms with van der Waals surface area (Å²) < 4.78 is 0. The molecule has 0 saturated carbocycles. The van der Waals surface area contributed by atoms with Crippen molar-refractivity contribution in [2.75, 3.05) is 11.9 Å². The minimum Gasteiger partial charge on any atom is -0.344 e. The Kier molecular flexibility index (Phi) is 4.16. The van der Waals surface area contributed by atoms with Gasteiger partial charge in [0.2, 0.25) is 0 Å². The minimum atomic E-state index is 0.564. The molecule has 0 N–H and O–H groups in total. The van der Waals surface area contributed by atoms with Gasteiger partial charge in [0.1, 0.15) is 0 Å². The van der Waals surface area contributed by atoms with Crippen molar-refractivity contribution >= 4 is 23.0 Å². The van der Waals surface area contributed by atoms with E-state index in [1.807, 2.05) is 0 Å². The van der Waals surface area contributed by atoms with Crippen LogP contribution in [0.25, 0.3) is 0 Å². The molecule has 0 aliphatic rings. The van der Waals surface area contributed by atoms with Crippen LogP contribution >= 0.6 is 11.6 Å². The number of hydrogen-bond acceptors (Lipinski definition) is 1. The normalized spacial score (nSPS) is 10.6. The first-order valence-electron chi connectivity index (χ1n) is 6.49. The third kappa shape index (κ3) is 3.10. The third-order valence-electron chi connectivity index (χ3n) is 3.37. The van der Waals surface area contributed by atoms with Crippen LogP contribution in [0.3, 0.4) is 0 Å². The molecule has 0 radical (unpaired) electrons. The van der Waals surface area contributed by atoms with Gasteiger partial charge in [-0.2, -0.15) is 0 Å². The second-order valence-corrected chi connectivity index (χ2v) is 5.43. The van der Waals surface area contributed by atoms with E-state index in [1.54, 1.807) is 0 Å². The molecule has 0 saturated heterocycles. The molecule has 2 heteroatoms. The maximum atomic E-state index is 5.88. The molecule has 1 nitrogen and oxygen atoms in total. The van der Waals surface area contributed by atoms with E-state index in [9.17, 15) is 0 Å². The zero-order valence-corrected chi connectivity index (χ0v) is 12.8. The van der Waals surface area contributed by atoms with E-state index in [0.717, 1.165) is 5.56 Å². The second-order valence-electron chi connectivity index (χ2n) is 5.16. The van der Waals surface area contributed by atoms with Gasteiger partial charge in [0.25, 0.3) is 0 Å². The number of alkyl halides is 1. The number of rotatable bonds is 3. The minimum absolute atomic E-state index is 0.564. The molecule has 0 amide bonds. The van der Waals surface area contributed by atoms with Gasteiger partial charge in [0.15, 0.2) is 0 Å². The monoisotopic (exact) mass is 273 g/mol. The SMILES string of the molecule is Cc1cc(C)cc(N(C)c2ccc(CCl)cc2C)c1. The summed E-state index contributed by atoms with van der Waals surface area (Å²) in [6.07, 6.45) is 0. The van der Waals surface area contributed by atoms with Crippen molar-refractivity contribution in [3.8, 4) is 0 Å². The van der Waals surface area contributed by atoms with Crippen molar-refractivity contribution in [1.29, 1.82) is 0 Å². The van der Waals surface area contributed by atoms with Gasteiger partial charge in [-0.3, -0.25) is 0 Å². The molecule has 0 bridgehead atoms. The van der Waals surface area contributed by atoms with E-state index in [2.05, 4.69) is 69.1 Å². The van der Waals surface area contributed by atoms with E-state index in [4.69, 9.17) is 11.6 Å². The summed E-state index contributed by atoms with van der Waals surface area (Å²) in [7, 11) is 2.11. The topological polar surface area (TPSA) is 3.24 Å². The maximum Gasteiger partial charge on any atom is 0.0474 e. The lowest BCUT2D eigenvalue weighted by Crippen LogP contribution is -2.11. The van der Waals surface area contributed by atoms with E-state index in [0.29, 0.717) is 5.88 Å². The summed E-state index contributed by atoms with van der Waals surface area (Å²) in [6, 6.07) is 13.0. The molecule has 0 aliphatic heterocycles. The Balaban J connectivity index is 2.40. The highest BCUT2D eigenvalue weighted by atomic mass is 35.5. The van der Waals surface area contributed by atoms with Crippen LogP contribution in [-0.2, 0) is 5.88 Å². The number of hydrogen-bond donors (Lipinski definition) is 0. The first-order valence-corrected chi connectivity index (χ1v) is 7.02. The third-order valence-corrected chi connectivity index (χ3v) is 3.68. The molecule has 0 aromatic heterocycles. The Morgan fingerprint density at radius 3 is 2.11 bits per heavy atom. The lowest BCUT2D eigenvalue weighted by Gasteiger charge is -2.23. The van der Waals surface area contributed by atoms with Crippen molar-refractivity contribution in [2.45, 2.75) is 26.7 Å². The average molecular weight is 274 g/mol. The highest BCUT2D eigenvalue weighted by molar-refractivity contribution is 6.17. The molecule has 0 aliphatic carbocycles. The van der Waals surface area contributed by atoms with Gasteiger partial charge < -0.3 is 4.90 Å². The van der Waals surface area contributed by atoms with Crippen LogP contribution in [0.1, 0.15) is 22.3 Å². The molecule has 2 aromatic rings.